The molecule has 30 heavy (non-hydrogen) atoms. The van der Waals surface area contributed by atoms with Crippen LogP contribution in [0.4, 0.5) is 10.5 Å². The van der Waals surface area contributed by atoms with Gasteiger partial charge < -0.3 is 15.1 Å². The summed E-state index contributed by atoms with van der Waals surface area (Å²) in [5.74, 6) is -0.126. The summed E-state index contributed by atoms with van der Waals surface area (Å²) in [6.45, 7) is 8.55. The van der Waals surface area contributed by atoms with Crippen molar-refractivity contribution < 1.29 is 9.59 Å². The highest BCUT2D eigenvalue weighted by molar-refractivity contribution is 6.35. The minimum Gasteiger partial charge on any atom is -0.337 e. The third-order valence-corrected chi connectivity index (χ3v) is 5.62. The molecule has 0 spiro atoms. The number of amides is 3. The Morgan fingerprint density at radius 1 is 0.867 bits per heavy atom. The lowest BCUT2D eigenvalue weighted by Crippen LogP contribution is -2.39. The van der Waals surface area contributed by atoms with Crippen LogP contribution in [0.15, 0.2) is 42.5 Å². The smallest absolute Gasteiger partial charge is 0.321 e. The number of benzene rings is 2. The summed E-state index contributed by atoms with van der Waals surface area (Å²) in [7, 11) is 0. The van der Waals surface area contributed by atoms with Crippen LogP contribution in [-0.2, 0) is 5.41 Å². The predicted molar refractivity (Wildman–Crippen MR) is 123 cm³/mol. The Labute approximate surface area is 187 Å². The Morgan fingerprint density at radius 2 is 1.43 bits per heavy atom. The summed E-state index contributed by atoms with van der Waals surface area (Å²) < 4.78 is 0. The number of anilines is 1. The number of hydrogen-bond acceptors (Lipinski definition) is 2. The van der Waals surface area contributed by atoms with Crippen molar-refractivity contribution >= 4 is 40.8 Å². The van der Waals surface area contributed by atoms with Crippen molar-refractivity contribution in [2.45, 2.75) is 32.6 Å². The lowest BCUT2D eigenvalue weighted by atomic mass is 9.87. The summed E-state index contributed by atoms with van der Waals surface area (Å²) in [5.41, 5.74) is 2.50. The van der Waals surface area contributed by atoms with Crippen molar-refractivity contribution in [2.75, 3.05) is 31.5 Å². The van der Waals surface area contributed by atoms with Gasteiger partial charge in [0.2, 0.25) is 0 Å². The van der Waals surface area contributed by atoms with Crippen molar-refractivity contribution in [3.63, 3.8) is 0 Å². The molecule has 3 amide bonds. The highest BCUT2D eigenvalue weighted by Crippen LogP contribution is 2.24. The zero-order valence-electron chi connectivity index (χ0n) is 17.5. The minimum atomic E-state index is -0.154. The van der Waals surface area contributed by atoms with Crippen molar-refractivity contribution in [3.05, 3.63) is 63.6 Å². The molecule has 2 aromatic rings. The summed E-state index contributed by atoms with van der Waals surface area (Å²) in [6.07, 6.45) is 0.705. The van der Waals surface area contributed by atoms with Crippen LogP contribution in [0.3, 0.4) is 0 Å². The van der Waals surface area contributed by atoms with Gasteiger partial charge >= 0.3 is 6.03 Å². The number of nitrogens with one attached hydrogen (secondary N) is 1. The maximum absolute atomic E-state index is 12.8. The summed E-state index contributed by atoms with van der Waals surface area (Å²) in [4.78, 5) is 29.0. The normalized spacial score (nSPS) is 15.0. The lowest BCUT2D eigenvalue weighted by Gasteiger charge is -2.23. The molecule has 2 aromatic carbocycles. The fourth-order valence-corrected chi connectivity index (χ4v) is 3.97. The van der Waals surface area contributed by atoms with E-state index in [-0.39, 0.29) is 17.4 Å². The van der Waals surface area contributed by atoms with Gasteiger partial charge in [0.15, 0.2) is 0 Å². The van der Waals surface area contributed by atoms with Gasteiger partial charge in [-0.25, -0.2) is 4.79 Å². The molecule has 1 fully saturated rings. The van der Waals surface area contributed by atoms with Gasteiger partial charge in [-0.15, -0.1) is 0 Å². The van der Waals surface area contributed by atoms with Gasteiger partial charge in [0.25, 0.3) is 5.91 Å². The van der Waals surface area contributed by atoms with Gasteiger partial charge in [-0.1, -0.05) is 56.1 Å². The maximum Gasteiger partial charge on any atom is 0.321 e. The van der Waals surface area contributed by atoms with Gasteiger partial charge in [-0.05, 0) is 47.7 Å². The van der Waals surface area contributed by atoms with Crippen molar-refractivity contribution in [1.29, 1.82) is 0 Å². The quantitative estimate of drug-likeness (QED) is 0.644. The molecule has 1 aliphatic rings. The van der Waals surface area contributed by atoms with E-state index in [9.17, 15) is 9.59 Å². The zero-order valence-corrected chi connectivity index (χ0v) is 19.1. The Hall–Kier alpha value is -2.24. The number of rotatable bonds is 2. The Balaban J connectivity index is 1.60. The molecule has 0 saturated carbocycles. The van der Waals surface area contributed by atoms with Crippen molar-refractivity contribution in [1.82, 2.24) is 9.80 Å². The monoisotopic (exact) mass is 447 g/mol. The van der Waals surface area contributed by atoms with Gasteiger partial charge in [0, 0.05) is 47.5 Å². The highest BCUT2D eigenvalue weighted by atomic mass is 35.5. The molecule has 0 aliphatic carbocycles. The van der Waals surface area contributed by atoms with E-state index in [1.807, 2.05) is 24.3 Å². The molecule has 0 atom stereocenters. The van der Waals surface area contributed by atoms with Gasteiger partial charge in [-0.3, -0.25) is 4.79 Å². The molecule has 1 heterocycles. The average molecular weight is 448 g/mol. The molecule has 5 nitrogen and oxygen atoms in total. The van der Waals surface area contributed by atoms with E-state index in [4.69, 9.17) is 23.2 Å². The molecular formula is C23H27Cl2N3O2. The van der Waals surface area contributed by atoms with E-state index < -0.39 is 0 Å². The second kappa shape index (κ2) is 9.27. The standard InChI is InChI=1S/C23H27Cl2N3O2/c1-23(2,3)17-5-7-20(8-6-17)26-22(30)28-10-4-9-27(11-12-28)21(29)16-13-18(24)15-19(25)14-16/h5-8,13-15H,4,9-12H2,1-3H3,(H,26,30). The van der Waals surface area contributed by atoms with Gasteiger partial charge in [0.1, 0.15) is 0 Å². The van der Waals surface area contributed by atoms with Crippen LogP contribution in [0.5, 0.6) is 0 Å². The molecule has 160 valence electrons. The van der Waals surface area contributed by atoms with E-state index >= 15 is 0 Å². The largest absolute Gasteiger partial charge is 0.337 e. The summed E-state index contributed by atoms with van der Waals surface area (Å²) in [6, 6.07) is 12.6. The van der Waals surface area contributed by atoms with Crippen LogP contribution < -0.4 is 5.32 Å². The molecule has 1 N–H and O–H groups in total. The molecule has 1 saturated heterocycles. The fraction of sp³-hybridized carbons (Fsp3) is 0.391. The molecule has 7 heteroatoms. The first-order valence-electron chi connectivity index (χ1n) is 10.1. The van der Waals surface area contributed by atoms with Crippen LogP contribution in [0.1, 0.15) is 43.1 Å². The number of urea groups is 1. The average Bonchev–Trinajstić information content (AvgIpc) is 2.92. The first-order valence-corrected chi connectivity index (χ1v) is 10.8. The van der Waals surface area contributed by atoms with Crippen LogP contribution in [0.25, 0.3) is 0 Å². The van der Waals surface area contributed by atoms with Gasteiger partial charge in [-0.2, -0.15) is 0 Å². The van der Waals surface area contributed by atoms with Crippen LogP contribution in [-0.4, -0.2) is 47.9 Å². The third kappa shape index (κ3) is 5.67. The molecule has 0 radical (unpaired) electrons. The van der Waals surface area contributed by atoms with Crippen molar-refractivity contribution in [2.24, 2.45) is 0 Å². The molecule has 1 aliphatic heterocycles. The SMILES string of the molecule is CC(C)(C)c1ccc(NC(=O)N2CCCN(C(=O)c3cc(Cl)cc(Cl)c3)CC2)cc1. The van der Waals surface area contributed by atoms with Crippen LogP contribution >= 0.6 is 23.2 Å². The second-order valence-electron chi connectivity index (χ2n) is 8.55. The number of carbonyl (C=O) groups is 2. The number of hydrogen-bond donors (Lipinski definition) is 1. The number of carbonyl (C=O) groups excluding carboxylic acids is 2. The van der Waals surface area contributed by atoms with Crippen LogP contribution in [0.2, 0.25) is 10.0 Å². The summed E-state index contributed by atoms with van der Waals surface area (Å²) in [5, 5.41) is 3.82. The van der Waals surface area contributed by atoms with Crippen LogP contribution in [0, 0.1) is 0 Å². The first kappa shape index (κ1) is 22.4. The van der Waals surface area contributed by atoms with E-state index in [1.54, 1.807) is 28.0 Å². The minimum absolute atomic E-state index is 0.0660. The lowest BCUT2D eigenvalue weighted by molar-refractivity contribution is 0.0762. The topological polar surface area (TPSA) is 52.7 Å². The zero-order chi connectivity index (χ0) is 21.9. The molecule has 3 rings (SSSR count). The van der Waals surface area contributed by atoms with E-state index in [1.165, 1.54) is 5.56 Å². The molecule has 0 unspecified atom stereocenters. The van der Waals surface area contributed by atoms with E-state index in [0.717, 1.165) is 5.69 Å². The summed E-state index contributed by atoms with van der Waals surface area (Å²) >= 11 is 12.1. The molecule has 0 aromatic heterocycles. The highest BCUT2D eigenvalue weighted by Gasteiger charge is 2.23. The maximum atomic E-state index is 12.8. The Kier molecular flexibility index (Phi) is 6.94. The number of nitrogens with zero attached hydrogens (tertiary/aromatic N) is 2. The Morgan fingerprint density at radius 3 is 2.03 bits per heavy atom. The fourth-order valence-electron chi connectivity index (χ4n) is 3.44. The molecular weight excluding hydrogens is 421 g/mol. The van der Waals surface area contributed by atoms with E-state index in [0.29, 0.717) is 48.2 Å². The van der Waals surface area contributed by atoms with E-state index in [2.05, 4.69) is 26.1 Å². The third-order valence-electron chi connectivity index (χ3n) is 5.18. The Bertz CT molecular complexity index is 903. The van der Waals surface area contributed by atoms with Gasteiger partial charge in [0.05, 0.1) is 0 Å². The predicted octanol–water partition coefficient (Wildman–Crippen LogP) is 5.67. The molecule has 0 bridgehead atoms. The number of halogens is 2. The first-order chi connectivity index (χ1) is 14.1. The second-order valence-corrected chi connectivity index (χ2v) is 9.42. The van der Waals surface area contributed by atoms with Crippen molar-refractivity contribution in [3.8, 4) is 0 Å².